The summed E-state index contributed by atoms with van der Waals surface area (Å²) in [5, 5.41) is 3.43. The molecule has 0 unspecified atom stereocenters. The molecule has 0 aliphatic rings. The molecule has 5 heteroatoms. The van der Waals surface area contributed by atoms with E-state index in [1.165, 1.54) is 11.5 Å². The molecule has 0 saturated carbocycles. The predicted octanol–water partition coefficient (Wildman–Crippen LogP) is 4.32. The van der Waals surface area contributed by atoms with Gasteiger partial charge in [0.2, 0.25) is 0 Å². The Labute approximate surface area is 113 Å². The average Bonchev–Trinajstić information content (AvgIpc) is 2.82. The molecule has 2 aromatic carbocycles. The topological polar surface area (TPSA) is 48.1 Å². The van der Waals surface area contributed by atoms with Crippen molar-refractivity contribution in [2.24, 2.45) is 0 Å². The number of nitrogens with two attached hydrogens (primary N) is 1. The first kappa shape index (κ1) is 11.3. The quantitative estimate of drug-likeness (QED) is 0.709. The number of nitrogen functional groups attached to an aromatic ring is 1. The lowest BCUT2D eigenvalue weighted by Crippen LogP contribution is -1.88. The van der Waals surface area contributed by atoms with Crippen molar-refractivity contribution in [1.29, 1.82) is 0 Å². The Hall–Kier alpha value is -1.78. The van der Waals surface area contributed by atoms with E-state index in [1.54, 1.807) is 18.2 Å². The van der Waals surface area contributed by atoms with Gasteiger partial charge < -0.3 is 10.5 Å². The third-order valence-electron chi connectivity index (χ3n) is 2.54. The summed E-state index contributed by atoms with van der Waals surface area (Å²) in [6, 6.07) is 10.9. The number of halogens is 1. The molecule has 0 aliphatic heterocycles. The molecule has 0 radical (unpaired) electrons. The number of aromatic nitrogens is 1. The first-order valence-corrected chi connectivity index (χ1v) is 6.51. The number of hydrogen-bond donors (Lipinski definition) is 1. The summed E-state index contributed by atoms with van der Waals surface area (Å²) in [4.78, 5) is 0. The van der Waals surface area contributed by atoms with Gasteiger partial charge in [-0.05, 0) is 41.9 Å². The molecule has 3 nitrogen and oxygen atoms in total. The predicted molar refractivity (Wildman–Crippen MR) is 75.6 cm³/mol. The fourth-order valence-electron chi connectivity index (χ4n) is 1.67. The van der Waals surface area contributed by atoms with E-state index in [0.717, 1.165) is 16.7 Å². The van der Waals surface area contributed by atoms with Crippen molar-refractivity contribution in [3.8, 4) is 11.5 Å². The van der Waals surface area contributed by atoms with Gasteiger partial charge in [-0.25, -0.2) is 0 Å². The second-order valence-corrected chi connectivity index (χ2v) is 4.83. The Morgan fingerprint density at radius 3 is 2.89 bits per heavy atom. The number of hydrogen-bond acceptors (Lipinski definition) is 4. The fourth-order valence-corrected chi connectivity index (χ4v) is 2.57. The van der Waals surface area contributed by atoms with E-state index in [-0.39, 0.29) is 0 Å². The van der Waals surface area contributed by atoms with E-state index in [1.807, 2.05) is 23.6 Å². The third-order valence-corrected chi connectivity index (χ3v) is 3.48. The van der Waals surface area contributed by atoms with E-state index in [9.17, 15) is 0 Å². The molecule has 1 aromatic heterocycles. The van der Waals surface area contributed by atoms with Crippen LogP contribution in [0.3, 0.4) is 0 Å². The van der Waals surface area contributed by atoms with Crippen molar-refractivity contribution in [1.82, 2.24) is 4.37 Å². The van der Waals surface area contributed by atoms with E-state index < -0.39 is 0 Å². The van der Waals surface area contributed by atoms with E-state index >= 15 is 0 Å². The van der Waals surface area contributed by atoms with Crippen LogP contribution in [-0.4, -0.2) is 4.37 Å². The zero-order chi connectivity index (χ0) is 12.5. The zero-order valence-corrected chi connectivity index (χ0v) is 10.8. The van der Waals surface area contributed by atoms with Crippen molar-refractivity contribution in [2.45, 2.75) is 0 Å². The second kappa shape index (κ2) is 4.48. The smallest absolute Gasteiger partial charge is 0.146 e. The van der Waals surface area contributed by atoms with Crippen molar-refractivity contribution in [3.05, 3.63) is 46.8 Å². The maximum absolute atomic E-state index is 6.09. The molecular formula is C13H9ClN2OS. The molecule has 18 heavy (non-hydrogen) atoms. The minimum absolute atomic E-state index is 0.496. The summed E-state index contributed by atoms with van der Waals surface area (Å²) >= 11 is 7.49. The highest BCUT2D eigenvalue weighted by atomic mass is 35.5. The Morgan fingerprint density at radius 1 is 1.17 bits per heavy atom. The van der Waals surface area contributed by atoms with Gasteiger partial charge in [-0.2, -0.15) is 4.37 Å². The van der Waals surface area contributed by atoms with Crippen LogP contribution in [0.5, 0.6) is 11.5 Å². The van der Waals surface area contributed by atoms with Gasteiger partial charge in [-0.3, -0.25) is 0 Å². The lowest BCUT2D eigenvalue weighted by molar-refractivity contribution is 0.489. The van der Waals surface area contributed by atoms with Gasteiger partial charge in [-0.1, -0.05) is 17.7 Å². The van der Waals surface area contributed by atoms with Crippen molar-refractivity contribution in [3.63, 3.8) is 0 Å². The summed E-state index contributed by atoms with van der Waals surface area (Å²) < 4.78 is 10.1. The van der Waals surface area contributed by atoms with E-state index in [0.29, 0.717) is 16.5 Å². The number of fused-ring (bicyclic) bond motifs is 1. The Bertz CT molecular complexity index is 711. The molecule has 0 atom stereocenters. The van der Waals surface area contributed by atoms with Crippen LogP contribution in [0, 0.1) is 0 Å². The van der Waals surface area contributed by atoms with Gasteiger partial charge in [-0.15, -0.1) is 0 Å². The molecule has 0 aliphatic carbocycles. The Kier molecular flexibility index (Phi) is 2.81. The van der Waals surface area contributed by atoms with Crippen LogP contribution in [0.15, 0.2) is 41.8 Å². The number of benzene rings is 2. The van der Waals surface area contributed by atoms with Crippen molar-refractivity contribution in [2.75, 3.05) is 5.73 Å². The summed E-state index contributed by atoms with van der Waals surface area (Å²) in [6.07, 6.45) is 0. The summed E-state index contributed by atoms with van der Waals surface area (Å²) in [7, 11) is 0. The van der Waals surface area contributed by atoms with Crippen LogP contribution >= 0.6 is 23.1 Å². The molecule has 2 N–H and O–H groups in total. The SMILES string of the molecule is Nc1ccc(Oc2cccc3nscc23)c(Cl)c1. The van der Waals surface area contributed by atoms with Gasteiger partial charge in [0, 0.05) is 11.1 Å². The van der Waals surface area contributed by atoms with Crippen molar-refractivity contribution >= 4 is 39.7 Å². The minimum Gasteiger partial charge on any atom is -0.455 e. The standard InChI is InChI=1S/C13H9ClN2OS/c14-10-6-8(15)4-5-13(10)17-12-3-1-2-11-9(12)7-18-16-11/h1-7H,15H2. The molecule has 3 aromatic rings. The van der Waals surface area contributed by atoms with Crippen LogP contribution < -0.4 is 10.5 Å². The van der Waals surface area contributed by atoms with Crippen LogP contribution in [0.2, 0.25) is 5.02 Å². The average molecular weight is 277 g/mol. The highest BCUT2D eigenvalue weighted by molar-refractivity contribution is 7.04. The van der Waals surface area contributed by atoms with Crippen molar-refractivity contribution < 1.29 is 4.74 Å². The molecule has 0 bridgehead atoms. The monoisotopic (exact) mass is 276 g/mol. The third kappa shape index (κ3) is 2.00. The van der Waals surface area contributed by atoms with Gasteiger partial charge >= 0.3 is 0 Å². The summed E-state index contributed by atoms with van der Waals surface area (Å²) in [5.41, 5.74) is 7.18. The maximum Gasteiger partial charge on any atom is 0.146 e. The van der Waals surface area contributed by atoms with Crippen LogP contribution in [0.25, 0.3) is 10.9 Å². The summed E-state index contributed by atoms with van der Waals surface area (Å²) in [6.45, 7) is 0. The van der Waals surface area contributed by atoms with Gasteiger partial charge in [0.1, 0.15) is 11.5 Å². The van der Waals surface area contributed by atoms with Crippen LogP contribution in [0.1, 0.15) is 0 Å². The van der Waals surface area contributed by atoms with Crippen LogP contribution in [0.4, 0.5) is 5.69 Å². The maximum atomic E-state index is 6.09. The number of anilines is 1. The van der Waals surface area contributed by atoms with E-state index in [4.69, 9.17) is 22.1 Å². The van der Waals surface area contributed by atoms with Gasteiger partial charge in [0.25, 0.3) is 0 Å². The molecular weight excluding hydrogens is 268 g/mol. The molecule has 0 saturated heterocycles. The molecule has 1 heterocycles. The van der Waals surface area contributed by atoms with Gasteiger partial charge in [0.15, 0.2) is 0 Å². The Morgan fingerprint density at radius 2 is 2.06 bits per heavy atom. The molecule has 0 fully saturated rings. The van der Waals surface area contributed by atoms with Crippen LogP contribution in [-0.2, 0) is 0 Å². The number of ether oxygens (including phenoxy) is 1. The minimum atomic E-state index is 0.496. The summed E-state index contributed by atoms with van der Waals surface area (Å²) in [5.74, 6) is 1.33. The molecule has 0 amide bonds. The number of rotatable bonds is 2. The van der Waals surface area contributed by atoms with Gasteiger partial charge in [0.05, 0.1) is 15.9 Å². The second-order valence-electron chi connectivity index (χ2n) is 3.80. The van der Waals surface area contributed by atoms with E-state index in [2.05, 4.69) is 4.37 Å². The zero-order valence-electron chi connectivity index (χ0n) is 9.26. The first-order valence-electron chi connectivity index (χ1n) is 5.30. The lowest BCUT2D eigenvalue weighted by Gasteiger charge is -2.08. The molecule has 90 valence electrons. The fraction of sp³-hybridized carbons (Fsp3) is 0. The normalized spacial score (nSPS) is 10.7. The molecule has 3 rings (SSSR count). The number of nitrogens with zero attached hydrogens (tertiary/aromatic N) is 1. The first-order chi connectivity index (χ1) is 8.74. The lowest BCUT2D eigenvalue weighted by atomic mass is 10.2. The Balaban J connectivity index is 2.03. The largest absolute Gasteiger partial charge is 0.455 e. The highest BCUT2D eigenvalue weighted by Crippen LogP contribution is 2.34. The molecule has 0 spiro atoms. The highest BCUT2D eigenvalue weighted by Gasteiger charge is 2.08.